The number of fused-ring (bicyclic) bond motifs is 1. The van der Waals surface area contributed by atoms with E-state index in [1.54, 1.807) is 12.4 Å². The Morgan fingerprint density at radius 2 is 1.70 bits per heavy atom. The molecule has 0 bridgehead atoms. The number of benzene rings is 2. The number of hydrogen-bond acceptors (Lipinski definition) is 6. The molecule has 5 rings (SSSR count). The highest BCUT2D eigenvalue weighted by atomic mass is 32.2. The summed E-state index contributed by atoms with van der Waals surface area (Å²) in [6.45, 7) is 0. The van der Waals surface area contributed by atoms with E-state index in [1.807, 2.05) is 66.2 Å². The average Bonchev–Trinajstić information content (AvgIpc) is 3.14. The second kappa shape index (κ2) is 8.04. The molecule has 0 fully saturated rings. The van der Waals surface area contributed by atoms with Crippen molar-refractivity contribution in [2.45, 2.75) is 16.6 Å². The lowest BCUT2D eigenvalue weighted by atomic mass is 10.1. The minimum Gasteiger partial charge on any atom is -0.309 e. The van der Waals surface area contributed by atoms with Gasteiger partial charge in [0.2, 0.25) is 0 Å². The molecule has 0 unspecified atom stereocenters. The molecule has 0 spiro atoms. The molecule has 6 nitrogen and oxygen atoms in total. The van der Waals surface area contributed by atoms with Crippen LogP contribution in [0.25, 0.3) is 22.3 Å². The Hall–Kier alpha value is -3.58. The van der Waals surface area contributed by atoms with Crippen LogP contribution in [0.1, 0.15) is 11.4 Å². The van der Waals surface area contributed by atoms with Gasteiger partial charge in [-0.15, -0.1) is 10.2 Å². The standard InChI is InChI=1S/C23H18N6S/c1-29-20(14-16-8-3-2-4-9-16)27-28-23(29)30-22-18-11-5-6-12-19(18)25-21(26-22)17-10-7-13-24-15-17/h2-13,15H,14H2,1H3. The Morgan fingerprint density at radius 1 is 0.867 bits per heavy atom. The SMILES string of the molecule is Cn1c(Cc2ccccc2)nnc1Sc1nc(-c2cccnc2)nc2ccccc12. The zero-order chi connectivity index (χ0) is 20.3. The van der Waals surface area contributed by atoms with Crippen molar-refractivity contribution < 1.29 is 0 Å². The van der Waals surface area contributed by atoms with Crippen molar-refractivity contribution >= 4 is 22.7 Å². The number of nitrogens with zero attached hydrogens (tertiary/aromatic N) is 6. The quantitative estimate of drug-likeness (QED) is 0.396. The maximum Gasteiger partial charge on any atom is 0.197 e. The van der Waals surface area contributed by atoms with Gasteiger partial charge in [-0.05, 0) is 35.5 Å². The fraction of sp³-hybridized carbons (Fsp3) is 0.0870. The predicted octanol–water partition coefficient (Wildman–Crippen LogP) is 4.56. The molecule has 30 heavy (non-hydrogen) atoms. The lowest BCUT2D eigenvalue weighted by Gasteiger charge is -2.08. The van der Waals surface area contributed by atoms with Gasteiger partial charge in [0.25, 0.3) is 0 Å². The predicted molar refractivity (Wildman–Crippen MR) is 117 cm³/mol. The van der Waals surface area contributed by atoms with E-state index < -0.39 is 0 Å². The van der Waals surface area contributed by atoms with Crippen molar-refractivity contribution in [2.24, 2.45) is 7.05 Å². The maximum absolute atomic E-state index is 4.83. The molecule has 0 saturated carbocycles. The number of pyridine rings is 1. The molecule has 0 saturated heterocycles. The number of hydrogen-bond donors (Lipinski definition) is 0. The van der Waals surface area contributed by atoms with Gasteiger partial charge in [-0.25, -0.2) is 9.97 Å². The van der Waals surface area contributed by atoms with E-state index in [0.717, 1.165) is 38.9 Å². The molecular formula is C23H18N6S. The van der Waals surface area contributed by atoms with Crippen LogP contribution < -0.4 is 0 Å². The lowest BCUT2D eigenvalue weighted by molar-refractivity contribution is 0.748. The molecular weight excluding hydrogens is 392 g/mol. The summed E-state index contributed by atoms with van der Waals surface area (Å²) in [5.41, 5.74) is 2.98. The van der Waals surface area contributed by atoms with Crippen LogP contribution in [0, 0.1) is 0 Å². The minimum absolute atomic E-state index is 0.649. The Kier molecular flexibility index (Phi) is 4.94. The molecule has 5 aromatic rings. The van der Waals surface area contributed by atoms with E-state index in [9.17, 15) is 0 Å². The van der Waals surface area contributed by atoms with Crippen LogP contribution in [-0.2, 0) is 13.5 Å². The summed E-state index contributed by atoms with van der Waals surface area (Å²) < 4.78 is 2.03. The van der Waals surface area contributed by atoms with Gasteiger partial charge in [0, 0.05) is 36.8 Å². The first-order valence-electron chi connectivity index (χ1n) is 9.55. The molecule has 0 radical (unpaired) electrons. The van der Waals surface area contributed by atoms with Crippen molar-refractivity contribution in [1.29, 1.82) is 0 Å². The summed E-state index contributed by atoms with van der Waals surface area (Å²) in [6, 6.07) is 22.1. The van der Waals surface area contributed by atoms with E-state index in [1.165, 1.54) is 17.3 Å². The number of aromatic nitrogens is 6. The van der Waals surface area contributed by atoms with Crippen molar-refractivity contribution in [1.82, 2.24) is 29.7 Å². The van der Waals surface area contributed by atoms with E-state index in [-0.39, 0.29) is 0 Å². The van der Waals surface area contributed by atoms with Gasteiger partial charge in [-0.2, -0.15) is 0 Å². The zero-order valence-corrected chi connectivity index (χ0v) is 17.1. The third-order valence-electron chi connectivity index (χ3n) is 4.81. The van der Waals surface area contributed by atoms with E-state index in [0.29, 0.717) is 5.82 Å². The first-order valence-corrected chi connectivity index (χ1v) is 10.4. The highest BCUT2D eigenvalue weighted by Crippen LogP contribution is 2.32. The molecule has 146 valence electrons. The van der Waals surface area contributed by atoms with E-state index in [2.05, 4.69) is 27.3 Å². The minimum atomic E-state index is 0.649. The average molecular weight is 411 g/mol. The molecule has 0 amide bonds. The summed E-state index contributed by atoms with van der Waals surface area (Å²) in [4.78, 5) is 13.8. The Labute approximate surface area is 178 Å². The second-order valence-corrected chi connectivity index (χ2v) is 7.79. The maximum atomic E-state index is 4.83. The molecule has 0 aliphatic carbocycles. The Balaban J connectivity index is 1.52. The van der Waals surface area contributed by atoms with Gasteiger partial charge < -0.3 is 4.57 Å². The zero-order valence-electron chi connectivity index (χ0n) is 16.3. The summed E-state index contributed by atoms with van der Waals surface area (Å²) in [5, 5.41) is 11.5. The molecule has 3 heterocycles. The van der Waals surface area contributed by atoms with Gasteiger partial charge >= 0.3 is 0 Å². The first kappa shape index (κ1) is 18.4. The highest BCUT2D eigenvalue weighted by Gasteiger charge is 2.15. The summed E-state index contributed by atoms with van der Waals surface area (Å²) in [6.07, 6.45) is 4.25. The van der Waals surface area contributed by atoms with Gasteiger partial charge in [-0.3, -0.25) is 4.98 Å². The van der Waals surface area contributed by atoms with Crippen LogP contribution in [0.2, 0.25) is 0 Å². The topological polar surface area (TPSA) is 69.4 Å². The molecule has 0 N–H and O–H groups in total. The lowest BCUT2D eigenvalue weighted by Crippen LogP contribution is -2.01. The second-order valence-electron chi connectivity index (χ2n) is 6.83. The normalized spacial score (nSPS) is 11.1. The van der Waals surface area contributed by atoms with E-state index in [4.69, 9.17) is 9.97 Å². The number of rotatable bonds is 5. The van der Waals surface area contributed by atoms with Crippen LogP contribution >= 0.6 is 11.8 Å². The van der Waals surface area contributed by atoms with Crippen molar-refractivity contribution in [2.75, 3.05) is 0 Å². The molecule has 0 aliphatic rings. The van der Waals surface area contributed by atoms with Crippen LogP contribution in [0.5, 0.6) is 0 Å². The summed E-state index contributed by atoms with van der Waals surface area (Å²) in [7, 11) is 1.99. The van der Waals surface area contributed by atoms with Crippen LogP contribution in [0.15, 0.2) is 89.3 Å². The largest absolute Gasteiger partial charge is 0.309 e. The van der Waals surface area contributed by atoms with Crippen molar-refractivity contribution in [3.63, 3.8) is 0 Å². The van der Waals surface area contributed by atoms with Crippen LogP contribution in [-0.4, -0.2) is 29.7 Å². The Bertz CT molecular complexity index is 1300. The first-order chi connectivity index (χ1) is 14.8. The van der Waals surface area contributed by atoms with Gasteiger partial charge in [0.1, 0.15) is 10.9 Å². The van der Waals surface area contributed by atoms with Crippen molar-refractivity contribution in [3.05, 3.63) is 90.5 Å². The van der Waals surface area contributed by atoms with Crippen LogP contribution in [0.3, 0.4) is 0 Å². The fourth-order valence-corrected chi connectivity index (χ4v) is 4.11. The molecule has 2 aromatic carbocycles. The molecule has 0 atom stereocenters. The Morgan fingerprint density at radius 3 is 2.53 bits per heavy atom. The van der Waals surface area contributed by atoms with Gasteiger partial charge in [-0.1, -0.05) is 48.5 Å². The third kappa shape index (κ3) is 3.67. The smallest absolute Gasteiger partial charge is 0.197 e. The highest BCUT2D eigenvalue weighted by molar-refractivity contribution is 7.99. The van der Waals surface area contributed by atoms with Crippen molar-refractivity contribution in [3.8, 4) is 11.4 Å². The van der Waals surface area contributed by atoms with Gasteiger partial charge in [0.15, 0.2) is 11.0 Å². The van der Waals surface area contributed by atoms with E-state index >= 15 is 0 Å². The molecule has 3 aromatic heterocycles. The molecule has 7 heteroatoms. The molecule has 0 aliphatic heterocycles. The summed E-state index contributed by atoms with van der Waals surface area (Å²) >= 11 is 1.50. The van der Waals surface area contributed by atoms with Gasteiger partial charge in [0.05, 0.1) is 5.52 Å². The van der Waals surface area contributed by atoms with Crippen LogP contribution in [0.4, 0.5) is 0 Å². The number of para-hydroxylation sites is 1. The third-order valence-corrected chi connectivity index (χ3v) is 5.85. The fourth-order valence-electron chi connectivity index (χ4n) is 3.20. The summed E-state index contributed by atoms with van der Waals surface area (Å²) in [5.74, 6) is 1.56. The monoisotopic (exact) mass is 410 g/mol.